The summed E-state index contributed by atoms with van der Waals surface area (Å²) in [5, 5.41) is 0. The highest BCUT2D eigenvalue weighted by molar-refractivity contribution is 6.25. The third-order valence-electron chi connectivity index (χ3n) is 2.12. The number of rotatable bonds is 2. The molecule has 0 unspecified atom stereocenters. The average molecular weight is 222 g/mol. The zero-order valence-electron chi connectivity index (χ0n) is 8.19. The second-order valence-electron chi connectivity index (χ2n) is 3.49. The number of hydrogen-bond donors (Lipinski definition) is 1. The second kappa shape index (κ2) is 4.09. The first-order chi connectivity index (χ1) is 7.16. The van der Waals surface area contributed by atoms with Crippen molar-refractivity contribution in [2.45, 2.75) is 11.4 Å². The normalized spacial score (nSPS) is 24.8. The zero-order valence-corrected chi connectivity index (χ0v) is 8.95. The topological polar surface area (TPSA) is 35.2 Å². The van der Waals surface area contributed by atoms with Crippen LogP contribution in [0.15, 0.2) is 54.3 Å². The van der Waals surface area contributed by atoms with Crippen molar-refractivity contribution in [3.8, 4) is 5.75 Å². The maximum atomic E-state index is 5.93. The Morgan fingerprint density at radius 3 is 2.60 bits per heavy atom. The predicted octanol–water partition coefficient (Wildman–Crippen LogP) is 2.80. The van der Waals surface area contributed by atoms with Gasteiger partial charge in [0.15, 0.2) is 0 Å². The molecular formula is C12H12ClNO. The van der Waals surface area contributed by atoms with Gasteiger partial charge in [0.2, 0.25) is 0 Å². The van der Waals surface area contributed by atoms with Crippen LogP contribution in [0, 0.1) is 0 Å². The highest BCUT2D eigenvalue weighted by Crippen LogP contribution is 2.24. The molecule has 2 nitrogen and oxygen atoms in total. The number of ether oxygens (including phenoxy) is 1. The molecule has 3 heteroatoms. The van der Waals surface area contributed by atoms with Crippen LogP contribution in [-0.4, -0.2) is 5.00 Å². The van der Waals surface area contributed by atoms with Crippen molar-refractivity contribution >= 4 is 11.6 Å². The van der Waals surface area contributed by atoms with E-state index in [4.69, 9.17) is 22.1 Å². The van der Waals surface area contributed by atoms with E-state index < -0.39 is 5.00 Å². The summed E-state index contributed by atoms with van der Waals surface area (Å²) < 4.78 is 5.61. The molecule has 1 aromatic carbocycles. The molecule has 0 radical (unpaired) electrons. The van der Waals surface area contributed by atoms with E-state index in [2.05, 4.69) is 0 Å². The zero-order chi connectivity index (χ0) is 10.7. The third kappa shape index (κ3) is 2.85. The summed E-state index contributed by atoms with van der Waals surface area (Å²) in [5.41, 5.74) is 5.71. The minimum absolute atomic E-state index is 0.577. The Morgan fingerprint density at radius 1 is 1.27 bits per heavy atom. The van der Waals surface area contributed by atoms with Crippen LogP contribution in [0.2, 0.25) is 0 Å². The van der Waals surface area contributed by atoms with Crippen LogP contribution in [0.1, 0.15) is 6.42 Å². The summed E-state index contributed by atoms with van der Waals surface area (Å²) in [6.45, 7) is 0. The molecule has 0 saturated carbocycles. The summed E-state index contributed by atoms with van der Waals surface area (Å²) in [5.74, 6) is 1.59. The smallest absolute Gasteiger partial charge is 0.127 e. The Balaban J connectivity index is 2.04. The van der Waals surface area contributed by atoms with Gasteiger partial charge in [-0.2, -0.15) is 0 Å². The Labute approximate surface area is 94.0 Å². The highest BCUT2D eigenvalue weighted by atomic mass is 35.5. The Hall–Kier alpha value is -1.25. The molecule has 15 heavy (non-hydrogen) atoms. The third-order valence-corrected chi connectivity index (χ3v) is 2.40. The fraction of sp³-hybridized carbons (Fsp3) is 0.167. The fourth-order valence-corrected chi connectivity index (χ4v) is 1.45. The van der Waals surface area contributed by atoms with Gasteiger partial charge in [-0.25, -0.2) is 0 Å². The Bertz CT molecular complexity index is 395. The van der Waals surface area contributed by atoms with E-state index >= 15 is 0 Å². The van der Waals surface area contributed by atoms with Gasteiger partial charge in [-0.3, -0.25) is 0 Å². The lowest BCUT2D eigenvalue weighted by Crippen LogP contribution is -2.31. The van der Waals surface area contributed by atoms with Gasteiger partial charge in [-0.05, 0) is 30.4 Å². The van der Waals surface area contributed by atoms with Gasteiger partial charge in [0.25, 0.3) is 0 Å². The summed E-state index contributed by atoms with van der Waals surface area (Å²) in [7, 11) is 0. The molecule has 1 aliphatic carbocycles. The highest BCUT2D eigenvalue weighted by Gasteiger charge is 2.19. The number of hydrogen-bond acceptors (Lipinski definition) is 2. The number of halogens is 1. The molecule has 2 N–H and O–H groups in total. The van der Waals surface area contributed by atoms with Crippen LogP contribution in [0.25, 0.3) is 0 Å². The molecule has 1 aromatic rings. The van der Waals surface area contributed by atoms with Crippen molar-refractivity contribution in [2.75, 3.05) is 0 Å². The van der Waals surface area contributed by atoms with Crippen molar-refractivity contribution in [3.05, 3.63) is 54.3 Å². The van der Waals surface area contributed by atoms with Gasteiger partial charge in [-0.1, -0.05) is 29.8 Å². The first-order valence-corrected chi connectivity index (χ1v) is 5.14. The summed E-state index contributed by atoms with van der Waals surface area (Å²) in [6.07, 6.45) is 6.00. The molecule has 0 heterocycles. The number of benzene rings is 1. The largest absolute Gasteiger partial charge is 0.458 e. The predicted molar refractivity (Wildman–Crippen MR) is 61.7 cm³/mol. The van der Waals surface area contributed by atoms with Gasteiger partial charge in [0, 0.05) is 6.42 Å². The molecule has 0 saturated heterocycles. The van der Waals surface area contributed by atoms with E-state index in [0.717, 1.165) is 11.5 Å². The molecule has 0 spiro atoms. The molecule has 0 fully saturated rings. The molecule has 0 aliphatic heterocycles. The molecule has 0 bridgehead atoms. The molecule has 0 aromatic heterocycles. The van der Waals surface area contributed by atoms with Crippen molar-refractivity contribution in [1.82, 2.24) is 0 Å². The molecule has 1 aliphatic rings. The van der Waals surface area contributed by atoms with E-state index in [9.17, 15) is 0 Å². The SMILES string of the molecule is N[C@@]1(Cl)C=CC(Oc2ccccc2)=CC1. The number of alkyl halides is 1. The summed E-state index contributed by atoms with van der Waals surface area (Å²) in [4.78, 5) is -0.760. The number of allylic oxidation sites excluding steroid dienone is 1. The van der Waals surface area contributed by atoms with E-state index in [0.29, 0.717) is 6.42 Å². The van der Waals surface area contributed by atoms with Crippen LogP contribution in [0.5, 0.6) is 5.75 Å². The maximum Gasteiger partial charge on any atom is 0.127 e. The molecular weight excluding hydrogens is 210 g/mol. The van der Waals surface area contributed by atoms with Crippen LogP contribution in [0.3, 0.4) is 0 Å². The molecule has 78 valence electrons. The Morgan fingerprint density at radius 2 is 2.00 bits per heavy atom. The van der Waals surface area contributed by atoms with E-state index in [-0.39, 0.29) is 0 Å². The van der Waals surface area contributed by atoms with Gasteiger partial charge in [0.05, 0.1) is 0 Å². The number of nitrogens with two attached hydrogens (primary N) is 1. The summed E-state index contributed by atoms with van der Waals surface area (Å²) >= 11 is 5.93. The van der Waals surface area contributed by atoms with Crippen LogP contribution in [-0.2, 0) is 0 Å². The second-order valence-corrected chi connectivity index (χ2v) is 4.19. The minimum atomic E-state index is -0.760. The molecule has 1 atom stereocenters. The van der Waals surface area contributed by atoms with Crippen molar-refractivity contribution in [3.63, 3.8) is 0 Å². The monoisotopic (exact) mass is 221 g/mol. The first-order valence-electron chi connectivity index (χ1n) is 4.76. The standard InChI is InChI=1S/C12H12ClNO/c13-12(14)8-6-11(7-9-12)15-10-4-2-1-3-5-10/h1-8H,9,14H2/t12-/m0/s1. The summed E-state index contributed by atoms with van der Waals surface area (Å²) in [6, 6.07) is 9.61. The van der Waals surface area contributed by atoms with Crippen LogP contribution in [0.4, 0.5) is 0 Å². The van der Waals surface area contributed by atoms with Crippen molar-refractivity contribution < 1.29 is 4.74 Å². The first kappa shape index (κ1) is 10.3. The van der Waals surface area contributed by atoms with Gasteiger partial charge in [-0.15, -0.1) is 0 Å². The van der Waals surface area contributed by atoms with Crippen molar-refractivity contribution in [2.24, 2.45) is 5.73 Å². The average Bonchev–Trinajstić information content (AvgIpc) is 2.23. The van der Waals surface area contributed by atoms with Crippen LogP contribution < -0.4 is 10.5 Å². The lowest BCUT2D eigenvalue weighted by Gasteiger charge is -2.20. The van der Waals surface area contributed by atoms with E-state index in [1.54, 1.807) is 12.2 Å². The van der Waals surface area contributed by atoms with Gasteiger partial charge in [0.1, 0.15) is 16.5 Å². The lowest BCUT2D eigenvalue weighted by molar-refractivity contribution is 0.435. The van der Waals surface area contributed by atoms with Gasteiger partial charge >= 0.3 is 0 Å². The van der Waals surface area contributed by atoms with Gasteiger partial charge < -0.3 is 10.5 Å². The molecule has 2 rings (SSSR count). The van der Waals surface area contributed by atoms with Crippen LogP contribution >= 0.6 is 11.6 Å². The van der Waals surface area contributed by atoms with E-state index in [1.807, 2.05) is 36.4 Å². The number of para-hydroxylation sites is 1. The quantitative estimate of drug-likeness (QED) is 0.616. The Kier molecular flexibility index (Phi) is 2.80. The van der Waals surface area contributed by atoms with Crippen molar-refractivity contribution in [1.29, 1.82) is 0 Å². The minimum Gasteiger partial charge on any atom is -0.458 e. The van der Waals surface area contributed by atoms with E-state index in [1.165, 1.54) is 0 Å². The fourth-order valence-electron chi connectivity index (χ4n) is 1.31. The lowest BCUT2D eigenvalue weighted by atomic mass is 10.1. The maximum absolute atomic E-state index is 5.93. The molecule has 0 amide bonds.